The summed E-state index contributed by atoms with van der Waals surface area (Å²) in [5, 5.41) is 3.85. The van der Waals surface area contributed by atoms with Crippen molar-refractivity contribution in [2.75, 3.05) is 12.9 Å². The summed E-state index contributed by atoms with van der Waals surface area (Å²) in [4.78, 5) is 1.20. The minimum atomic E-state index is 0.797. The molecule has 0 saturated heterocycles. The fourth-order valence-corrected chi connectivity index (χ4v) is 1.66. The molecule has 11 heavy (non-hydrogen) atoms. The standard InChI is InChI=1S/C8H10ClNS/c1-10-6-11-8-4-2-3-7(9)5-8/h2-5,10H,6H2,1H3. The van der Waals surface area contributed by atoms with Crippen molar-refractivity contribution in [2.24, 2.45) is 0 Å². The van der Waals surface area contributed by atoms with Gasteiger partial charge in [-0.3, -0.25) is 0 Å². The van der Waals surface area contributed by atoms with E-state index in [0.717, 1.165) is 10.9 Å². The zero-order valence-electron chi connectivity index (χ0n) is 6.30. The molecule has 0 amide bonds. The van der Waals surface area contributed by atoms with Crippen LogP contribution in [0.2, 0.25) is 5.02 Å². The molecule has 1 aromatic rings. The third kappa shape index (κ3) is 3.14. The van der Waals surface area contributed by atoms with E-state index in [1.54, 1.807) is 11.8 Å². The Labute approximate surface area is 76.1 Å². The van der Waals surface area contributed by atoms with Gasteiger partial charge in [0.2, 0.25) is 0 Å². The highest BCUT2D eigenvalue weighted by Crippen LogP contribution is 2.20. The molecule has 0 radical (unpaired) electrons. The largest absolute Gasteiger partial charge is 0.311 e. The van der Waals surface area contributed by atoms with Gasteiger partial charge in [0.15, 0.2) is 0 Å². The smallest absolute Gasteiger partial charge is 0.0463 e. The van der Waals surface area contributed by atoms with E-state index in [1.807, 2.05) is 31.3 Å². The maximum absolute atomic E-state index is 5.79. The monoisotopic (exact) mass is 187 g/mol. The lowest BCUT2D eigenvalue weighted by atomic mass is 10.4. The van der Waals surface area contributed by atoms with Crippen molar-refractivity contribution in [1.82, 2.24) is 5.32 Å². The van der Waals surface area contributed by atoms with Gasteiger partial charge in [-0.15, -0.1) is 11.8 Å². The third-order valence-electron chi connectivity index (χ3n) is 1.18. The molecule has 1 aromatic carbocycles. The number of hydrogen-bond acceptors (Lipinski definition) is 2. The van der Waals surface area contributed by atoms with Crippen molar-refractivity contribution >= 4 is 23.4 Å². The molecule has 1 N–H and O–H groups in total. The molecular formula is C8H10ClNS. The van der Waals surface area contributed by atoms with Gasteiger partial charge in [-0.05, 0) is 25.2 Å². The minimum absolute atomic E-state index is 0.797. The summed E-state index contributed by atoms with van der Waals surface area (Å²) >= 11 is 7.53. The summed E-state index contributed by atoms with van der Waals surface area (Å²) in [6.45, 7) is 0. The number of halogens is 1. The van der Waals surface area contributed by atoms with Gasteiger partial charge in [-0.2, -0.15) is 0 Å². The molecule has 0 aromatic heterocycles. The number of rotatable bonds is 3. The lowest BCUT2D eigenvalue weighted by Gasteiger charge is -1.99. The summed E-state index contributed by atoms with van der Waals surface area (Å²) in [5.41, 5.74) is 0. The fraction of sp³-hybridized carbons (Fsp3) is 0.250. The van der Waals surface area contributed by atoms with Crippen molar-refractivity contribution in [3.63, 3.8) is 0 Å². The lowest BCUT2D eigenvalue weighted by molar-refractivity contribution is 0.982. The van der Waals surface area contributed by atoms with E-state index in [2.05, 4.69) is 5.32 Å². The van der Waals surface area contributed by atoms with E-state index in [1.165, 1.54) is 4.90 Å². The van der Waals surface area contributed by atoms with E-state index >= 15 is 0 Å². The molecule has 0 saturated carbocycles. The molecule has 0 unspecified atom stereocenters. The maximum atomic E-state index is 5.79. The van der Waals surface area contributed by atoms with Crippen molar-refractivity contribution in [2.45, 2.75) is 4.90 Å². The summed E-state index contributed by atoms with van der Waals surface area (Å²) in [6, 6.07) is 7.85. The van der Waals surface area contributed by atoms with Crippen LogP contribution in [-0.2, 0) is 0 Å². The average molecular weight is 188 g/mol. The molecule has 0 aliphatic rings. The molecule has 0 bridgehead atoms. The van der Waals surface area contributed by atoms with Crippen LogP contribution in [0.1, 0.15) is 0 Å². The zero-order chi connectivity index (χ0) is 8.10. The Morgan fingerprint density at radius 2 is 2.36 bits per heavy atom. The van der Waals surface area contributed by atoms with Gasteiger partial charge in [0.05, 0.1) is 0 Å². The predicted octanol–water partition coefficient (Wildman–Crippen LogP) is 2.61. The SMILES string of the molecule is CNCSc1cccc(Cl)c1. The molecule has 0 spiro atoms. The molecule has 1 nitrogen and oxygen atoms in total. The third-order valence-corrected chi connectivity index (χ3v) is 2.43. The van der Waals surface area contributed by atoms with Crippen LogP contribution in [0.3, 0.4) is 0 Å². The first-order chi connectivity index (χ1) is 5.33. The molecule has 0 atom stereocenters. The van der Waals surface area contributed by atoms with Crippen LogP contribution in [0, 0.1) is 0 Å². The van der Waals surface area contributed by atoms with E-state index in [4.69, 9.17) is 11.6 Å². The molecule has 3 heteroatoms. The van der Waals surface area contributed by atoms with Gasteiger partial charge >= 0.3 is 0 Å². The summed E-state index contributed by atoms with van der Waals surface area (Å²) < 4.78 is 0. The van der Waals surface area contributed by atoms with Gasteiger partial charge in [-0.25, -0.2) is 0 Å². The van der Waals surface area contributed by atoms with Crippen LogP contribution >= 0.6 is 23.4 Å². The summed E-state index contributed by atoms with van der Waals surface area (Å²) in [5.74, 6) is 0.917. The first-order valence-corrected chi connectivity index (χ1v) is 4.72. The fourth-order valence-electron chi connectivity index (χ4n) is 0.712. The average Bonchev–Trinajstić information content (AvgIpc) is 2.01. The normalized spacial score (nSPS) is 10.0. The highest BCUT2D eigenvalue weighted by Gasteiger charge is 1.92. The number of nitrogens with one attached hydrogen (secondary N) is 1. The highest BCUT2D eigenvalue weighted by molar-refractivity contribution is 7.99. The predicted molar refractivity (Wildman–Crippen MR) is 51.2 cm³/mol. The quantitative estimate of drug-likeness (QED) is 0.577. The second-order valence-electron chi connectivity index (χ2n) is 2.10. The van der Waals surface area contributed by atoms with Crippen molar-refractivity contribution in [3.05, 3.63) is 29.3 Å². The number of hydrogen-bond donors (Lipinski definition) is 1. The molecule has 0 aliphatic heterocycles. The first-order valence-electron chi connectivity index (χ1n) is 3.36. The van der Waals surface area contributed by atoms with Gasteiger partial charge in [0.25, 0.3) is 0 Å². The highest BCUT2D eigenvalue weighted by atomic mass is 35.5. The second kappa shape index (κ2) is 4.65. The Morgan fingerprint density at radius 3 is 3.00 bits per heavy atom. The Kier molecular flexibility index (Phi) is 3.77. The van der Waals surface area contributed by atoms with Crippen LogP contribution in [0.5, 0.6) is 0 Å². The minimum Gasteiger partial charge on any atom is -0.311 e. The molecule has 0 heterocycles. The van der Waals surface area contributed by atoms with E-state index in [-0.39, 0.29) is 0 Å². The first kappa shape index (κ1) is 8.91. The molecule has 1 rings (SSSR count). The van der Waals surface area contributed by atoms with E-state index in [9.17, 15) is 0 Å². The van der Waals surface area contributed by atoms with Gasteiger partial charge in [-0.1, -0.05) is 17.7 Å². The van der Waals surface area contributed by atoms with E-state index < -0.39 is 0 Å². The van der Waals surface area contributed by atoms with Gasteiger partial charge in [0, 0.05) is 15.8 Å². The number of benzene rings is 1. The van der Waals surface area contributed by atoms with Gasteiger partial charge in [0.1, 0.15) is 0 Å². The topological polar surface area (TPSA) is 12.0 Å². The van der Waals surface area contributed by atoms with Crippen molar-refractivity contribution in [3.8, 4) is 0 Å². The Hall–Kier alpha value is -0.180. The van der Waals surface area contributed by atoms with Crippen LogP contribution in [-0.4, -0.2) is 12.9 Å². The Bertz CT molecular complexity index is 227. The van der Waals surface area contributed by atoms with Crippen LogP contribution in [0.25, 0.3) is 0 Å². The zero-order valence-corrected chi connectivity index (χ0v) is 7.88. The van der Waals surface area contributed by atoms with Crippen LogP contribution < -0.4 is 5.32 Å². The van der Waals surface area contributed by atoms with Crippen molar-refractivity contribution < 1.29 is 0 Å². The molecule has 0 aliphatic carbocycles. The summed E-state index contributed by atoms with van der Waals surface area (Å²) in [6.07, 6.45) is 0. The van der Waals surface area contributed by atoms with Crippen LogP contribution in [0.15, 0.2) is 29.2 Å². The second-order valence-corrected chi connectivity index (χ2v) is 3.58. The van der Waals surface area contributed by atoms with E-state index in [0.29, 0.717) is 0 Å². The van der Waals surface area contributed by atoms with Crippen molar-refractivity contribution in [1.29, 1.82) is 0 Å². The summed E-state index contributed by atoms with van der Waals surface area (Å²) in [7, 11) is 1.93. The van der Waals surface area contributed by atoms with Gasteiger partial charge < -0.3 is 5.32 Å². The van der Waals surface area contributed by atoms with Crippen LogP contribution in [0.4, 0.5) is 0 Å². The Balaban J connectivity index is 2.56. The molecule has 0 fully saturated rings. The Morgan fingerprint density at radius 1 is 1.55 bits per heavy atom. The molecule has 60 valence electrons. The maximum Gasteiger partial charge on any atom is 0.0463 e. The lowest BCUT2D eigenvalue weighted by Crippen LogP contribution is -2.02. The number of thioether (sulfide) groups is 1. The molecular weight excluding hydrogens is 178 g/mol.